The molecule has 2 aliphatic heterocycles. The quantitative estimate of drug-likeness (QED) is 0.687. The standard InChI is InChI=1S/C22H34O5/c1-19-9-7-14(25-4)11-13(19)5-6-16-15(19)8-10-20(2)18-17(27-22(16,20)24)12-26-21(18,3)23/h5,14-18,23-24H,6-12H2,1-4H3/t14-,15-,16+,17+,18-,19-,20+,21-,22+/m0/s1. The average molecular weight is 379 g/mol. The third-order valence-electron chi connectivity index (χ3n) is 9.22. The molecule has 4 fully saturated rings. The Balaban J connectivity index is 1.52. The van der Waals surface area contributed by atoms with Gasteiger partial charge in [0, 0.05) is 18.4 Å². The van der Waals surface area contributed by atoms with Gasteiger partial charge in [0.1, 0.15) is 0 Å². The van der Waals surface area contributed by atoms with Crippen LogP contribution in [0.25, 0.3) is 0 Å². The second kappa shape index (κ2) is 5.57. The van der Waals surface area contributed by atoms with E-state index in [0.29, 0.717) is 18.6 Å². The van der Waals surface area contributed by atoms with Gasteiger partial charge in [-0.05, 0) is 56.8 Å². The summed E-state index contributed by atoms with van der Waals surface area (Å²) in [6.45, 7) is 6.60. The number of ether oxygens (including phenoxy) is 3. The molecule has 0 aromatic carbocycles. The fourth-order valence-electron chi connectivity index (χ4n) is 7.75. The van der Waals surface area contributed by atoms with Crippen molar-refractivity contribution in [2.75, 3.05) is 13.7 Å². The molecule has 0 radical (unpaired) electrons. The van der Waals surface area contributed by atoms with Crippen molar-refractivity contribution in [3.8, 4) is 0 Å². The van der Waals surface area contributed by atoms with Crippen LogP contribution in [0.5, 0.6) is 0 Å². The van der Waals surface area contributed by atoms with Crippen molar-refractivity contribution in [1.82, 2.24) is 0 Å². The molecular weight excluding hydrogens is 344 g/mol. The van der Waals surface area contributed by atoms with Crippen LogP contribution >= 0.6 is 0 Å². The summed E-state index contributed by atoms with van der Waals surface area (Å²) in [6, 6.07) is 0. The van der Waals surface area contributed by atoms with Crippen LogP contribution in [0.2, 0.25) is 0 Å². The number of methoxy groups -OCH3 is 1. The lowest BCUT2D eigenvalue weighted by atomic mass is 9.47. The molecule has 9 atom stereocenters. The van der Waals surface area contributed by atoms with Crippen LogP contribution in [0.15, 0.2) is 11.6 Å². The van der Waals surface area contributed by atoms with E-state index in [1.54, 1.807) is 6.92 Å². The van der Waals surface area contributed by atoms with E-state index >= 15 is 0 Å². The second-order valence-electron chi connectivity index (χ2n) is 10.3. The maximum atomic E-state index is 12.0. The fourth-order valence-corrected chi connectivity index (χ4v) is 7.75. The summed E-state index contributed by atoms with van der Waals surface area (Å²) < 4.78 is 17.6. The van der Waals surface area contributed by atoms with Crippen molar-refractivity contribution in [2.45, 2.75) is 83.1 Å². The van der Waals surface area contributed by atoms with Gasteiger partial charge in [0.05, 0.1) is 24.7 Å². The van der Waals surface area contributed by atoms with Crippen LogP contribution in [-0.2, 0) is 14.2 Å². The largest absolute Gasteiger partial charge is 0.381 e. The van der Waals surface area contributed by atoms with Crippen molar-refractivity contribution in [1.29, 1.82) is 0 Å². The van der Waals surface area contributed by atoms with Crippen LogP contribution in [0.1, 0.15) is 59.3 Å². The normalized spacial score (nSPS) is 59.5. The van der Waals surface area contributed by atoms with Crippen LogP contribution in [0.3, 0.4) is 0 Å². The minimum Gasteiger partial charge on any atom is -0.381 e. The van der Waals surface area contributed by atoms with E-state index in [4.69, 9.17) is 14.2 Å². The zero-order chi connectivity index (χ0) is 19.2. The van der Waals surface area contributed by atoms with E-state index in [1.807, 2.05) is 7.11 Å². The third-order valence-corrected chi connectivity index (χ3v) is 9.22. The molecule has 2 N–H and O–H groups in total. The number of rotatable bonds is 1. The highest BCUT2D eigenvalue weighted by atomic mass is 16.7. The first kappa shape index (κ1) is 18.6. The Morgan fingerprint density at radius 1 is 1.11 bits per heavy atom. The van der Waals surface area contributed by atoms with E-state index in [1.165, 1.54) is 5.57 Å². The van der Waals surface area contributed by atoms with Crippen molar-refractivity contribution in [3.63, 3.8) is 0 Å². The first-order valence-corrected chi connectivity index (χ1v) is 10.6. The number of hydrogen-bond donors (Lipinski definition) is 2. The van der Waals surface area contributed by atoms with E-state index in [9.17, 15) is 10.2 Å². The predicted molar refractivity (Wildman–Crippen MR) is 99.7 cm³/mol. The van der Waals surface area contributed by atoms with Gasteiger partial charge in [-0.1, -0.05) is 25.5 Å². The van der Waals surface area contributed by atoms with Crippen molar-refractivity contribution in [3.05, 3.63) is 11.6 Å². The SMILES string of the molecule is CO[C@H]1CC[C@@]2(C)C(=CC[C@@H]3[C@@H]2CC[C@]2(C)[C@@H]4[C@@H](CO[C@]4(C)O)O[C@]32O)C1. The topological polar surface area (TPSA) is 68.2 Å². The highest BCUT2D eigenvalue weighted by Crippen LogP contribution is 2.69. The summed E-state index contributed by atoms with van der Waals surface area (Å²) in [4.78, 5) is 0. The van der Waals surface area contributed by atoms with Crippen molar-refractivity contribution < 1.29 is 24.4 Å². The first-order chi connectivity index (χ1) is 12.7. The van der Waals surface area contributed by atoms with Gasteiger partial charge < -0.3 is 24.4 Å². The molecule has 5 aliphatic rings. The predicted octanol–water partition coefficient (Wildman–Crippen LogP) is 3.00. The summed E-state index contributed by atoms with van der Waals surface area (Å²) in [5.41, 5.74) is 1.15. The average Bonchev–Trinajstić information content (AvgIpc) is 3.05. The molecule has 0 aromatic rings. The van der Waals surface area contributed by atoms with Gasteiger partial charge >= 0.3 is 0 Å². The monoisotopic (exact) mass is 378 g/mol. The van der Waals surface area contributed by atoms with E-state index < -0.39 is 17.0 Å². The summed E-state index contributed by atoms with van der Waals surface area (Å²) in [5.74, 6) is -2.11. The maximum absolute atomic E-state index is 12.0. The van der Waals surface area contributed by atoms with Gasteiger partial charge in [0.15, 0.2) is 11.6 Å². The van der Waals surface area contributed by atoms with Gasteiger partial charge in [-0.3, -0.25) is 0 Å². The summed E-state index contributed by atoms with van der Waals surface area (Å²) in [6.07, 6.45) is 8.45. The number of allylic oxidation sites excluding steroid dienone is 1. The van der Waals surface area contributed by atoms with Gasteiger partial charge in [0.2, 0.25) is 0 Å². The van der Waals surface area contributed by atoms with E-state index in [2.05, 4.69) is 19.9 Å². The molecule has 2 heterocycles. The van der Waals surface area contributed by atoms with Crippen molar-refractivity contribution >= 4 is 0 Å². The van der Waals surface area contributed by atoms with Gasteiger partial charge in [0.25, 0.3) is 0 Å². The lowest BCUT2D eigenvalue weighted by Gasteiger charge is -2.60. The van der Waals surface area contributed by atoms with Crippen LogP contribution < -0.4 is 0 Å². The second-order valence-corrected chi connectivity index (χ2v) is 10.3. The lowest BCUT2D eigenvalue weighted by Crippen LogP contribution is -2.62. The molecule has 0 bridgehead atoms. The van der Waals surface area contributed by atoms with Crippen LogP contribution in [0, 0.1) is 28.6 Å². The summed E-state index contributed by atoms with van der Waals surface area (Å²) in [5, 5.41) is 22.8. The Morgan fingerprint density at radius 2 is 1.89 bits per heavy atom. The molecule has 0 spiro atoms. The lowest BCUT2D eigenvalue weighted by molar-refractivity contribution is -0.322. The van der Waals surface area contributed by atoms with Crippen LogP contribution in [-0.4, -0.2) is 47.7 Å². The number of hydrogen-bond acceptors (Lipinski definition) is 5. The molecule has 2 saturated carbocycles. The Bertz CT molecular complexity index is 674. The third kappa shape index (κ3) is 2.18. The van der Waals surface area contributed by atoms with Gasteiger partial charge in [-0.25, -0.2) is 0 Å². The summed E-state index contributed by atoms with van der Waals surface area (Å²) >= 11 is 0. The highest BCUT2D eigenvalue weighted by molar-refractivity contribution is 5.27. The molecule has 5 nitrogen and oxygen atoms in total. The minimum absolute atomic E-state index is 0.0745. The number of fused-ring (bicyclic) bond motifs is 7. The molecule has 27 heavy (non-hydrogen) atoms. The number of aliphatic hydroxyl groups is 2. The van der Waals surface area contributed by atoms with Crippen molar-refractivity contribution in [2.24, 2.45) is 28.6 Å². The van der Waals surface area contributed by atoms with E-state index in [0.717, 1.165) is 38.5 Å². The molecule has 5 rings (SSSR count). The molecule has 3 aliphatic carbocycles. The van der Waals surface area contributed by atoms with Crippen LogP contribution in [0.4, 0.5) is 0 Å². The zero-order valence-corrected chi connectivity index (χ0v) is 17.0. The molecule has 0 amide bonds. The molecule has 0 unspecified atom stereocenters. The Kier molecular flexibility index (Phi) is 3.83. The fraction of sp³-hybridized carbons (Fsp3) is 0.909. The van der Waals surface area contributed by atoms with Gasteiger partial charge in [-0.2, -0.15) is 0 Å². The summed E-state index contributed by atoms with van der Waals surface area (Å²) in [7, 11) is 1.81. The Labute approximate surface area is 162 Å². The van der Waals surface area contributed by atoms with Gasteiger partial charge in [-0.15, -0.1) is 0 Å². The molecule has 0 aromatic heterocycles. The highest BCUT2D eigenvalue weighted by Gasteiger charge is 2.74. The minimum atomic E-state index is -1.23. The maximum Gasteiger partial charge on any atom is 0.175 e. The first-order valence-electron chi connectivity index (χ1n) is 10.6. The Hall–Kier alpha value is -0.460. The van der Waals surface area contributed by atoms with E-state index in [-0.39, 0.29) is 23.4 Å². The molecule has 2 saturated heterocycles. The molecule has 152 valence electrons. The molecular formula is C22H34O5. The zero-order valence-electron chi connectivity index (χ0n) is 17.0. The Morgan fingerprint density at radius 3 is 2.63 bits per heavy atom. The smallest absolute Gasteiger partial charge is 0.175 e. The molecule has 5 heteroatoms.